The van der Waals surface area contributed by atoms with Crippen LogP contribution in [0.5, 0.6) is 0 Å². The molecule has 0 saturated heterocycles. The molecule has 0 N–H and O–H groups in total. The van der Waals surface area contributed by atoms with Crippen LogP contribution in [0.4, 0.5) is 34.1 Å². The van der Waals surface area contributed by atoms with Crippen LogP contribution in [0.15, 0.2) is 97.1 Å². The first-order chi connectivity index (χ1) is 23.7. The summed E-state index contributed by atoms with van der Waals surface area (Å²) in [6, 6.07) is 37.9. The van der Waals surface area contributed by atoms with Crippen molar-refractivity contribution in [2.75, 3.05) is 9.80 Å². The zero-order valence-electron chi connectivity index (χ0n) is 31.2. The largest absolute Gasteiger partial charge is 0.311 e. The Morgan fingerprint density at radius 1 is 0.640 bits per heavy atom. The van der Waals surface area contributed by atoms with Crippen LogP contribution in [0.2, 0.25) is 0 Å². The van der Waals surface area contributed by atoms with E-state index in [1.807, 2.05) is 11.3 Å². The van der Waals surface area contributed by atoms with Crippen LogP contribution < -0.4 is 25.5 Å². The second kappa shape index (κ2) is 10.4. The molecule has 50 heavy (non-hydrogen) atoms. The molecule has 6 aromatic rings. The smallest absolute Gasteiger partial charge is 0.264 e. The molecule has 0 fully saturated rings. The number of nitrogens with zero attached hydrogens (tertiary/aromatic N) is 2. The van der Waals surface area contributed by atoms with Crippen LogP contribution in [0.1, 0.15) is 103 Å². The van der Waals surface area contributed by atoms with Crippen LogP contribution in [0.25, 0.3) is 10.1 Å². The van der Waals surface area contributed by atoms with E-state index >= 15 is 0 Å². The van der Waals surface area contributed by atoms with Gasteiger partial charge in [0.15, 0.2) is 0 Å². The quantitative estimate of drug-likeness (QED) is 0.169. The topological polar surface area (TPSA) is 6.48 Å². The van der Waals surface area contributed by atoms with Gasteiger partial charge in [0.25, 0.3) is 6.71 Å². The van der Waals surface area contributed by atoms with Gasteiger partial charge in [-0.15, -0.1) is 11.3 Å². The average molecular weight is 671 g/mol. The zero-order chi connectivity index (χ0) is 35.1. The van der Waals surface area contributed by atoms with E-state index in [0.717, 1.165) is 0 Å². The molecule has 0 saturated carbocycles. The molecule has 2 nitrogen and oxygen atoms in total. The van der Waals surface area contributed by atoms with Crippen molar-refractivity contribution in [3.8, 4) is 0 Å². The minimum Gasteiger partial charge on any atom is -0.311 e. The Kier molecular flexibility index (Phi) is 6.58. The van der Waals surface area contributed by atoms with E-state index in [-0.39, 0.29) is 23.0 Å². The van der Waals surface area contributed by atoms with Gasteiger partial charge in [-0.1, -0.05) is 130 Å². The molecule has 0 amide bonds. The Labute approximate surface area is 302 Å². The second-order valence-electron chi connectivity index (χ2n) is 17.7. The van der Waals surface area contributed by atoms with E-state index in [1.54, 1.807) is 0 Å². The van der Waals surface area contributed by atoms with Gasteiger partial charge in [-0.3, -0.25) is 0 Å². The number of hydrogen-bond acceptors (Lipinski definition) is 3. The highest BCUT2D eigenvalue weighted by Crippen LogP contribution is 2.56. The van der Waals surface area contributed by atoms with Crippen molar-refractivity contribution < 1.29 is 0 Å². The van der Waals surface area contributed by atoms with E-state index in [1.165, 1.54) is 87.7 Å². The van der Waals surface area contributed by atoms with Crippen molar-refractivity contribution in [2.24, 2.45) is 0 Å². The molecule has 9 rings (SSSR count). The summed E-state index contributed by atoms with van der Waals surface area (Å²) in [5.74, 6) is 0.442. The van der Waals surface area contributed by atoms with Gasteiger partial charge in [0.05, 0.1) is 11.4 Å². The van der Waals surface area contributed by atoms with Gasteiger partial charge in [-0.2, -0.15) is 0 Å². The van der Waals surface area contributed by atoms with Crippen LogP contribution in [0, 0.1) is 0 Å². The summed E-state index contributed by atoms with van der Waals surface area (Å²) < 4.78 is 2.79. The van der Waals surface area contributed by atoms with E-state index in [4.69, 9.17) is 0 Å². The van der Waals surface area contributed by atoms with E-state index < -0.39 is 0 Å². The molecular formula is C46H47BN2S. The number of benzene rings is 5. The maximum absolute atomic E-state index is 2.64. The zero-order valence-corrected chi connectivity index (χ0v) is 32.0. The number of rotatable bonds is 2. The van der Waals surface area contributed by atoms with E-state index in [2.05, 4.69) is 176 Å². The maximum Gasteiger partial charge on any atom is 0.264 e. The van der Waals surface area contributed by atoms with Gasteiger partial charge in [0.1, 0.15) is 0 Å². The fourth-order valence-corrected chi connectivity index (χ4v) is 10.1. The lowest BCUT2D eigenvalue weighted by atomic mass is 9.35. The number of hydrogen-bond donors (Lipinski definition) is 0. The minimum atomic E-state index is -0.170. The summed E-state index contributed by atoms with van der Waals surface area (Å²) in [6.45, 7) is 23.6. The Morgan fingerprint density at radius 3 is 2.00 bits per heavy atom. The fourth-order valence-electron chi connectivity index (χ4n) is 8.81. The van der Waals surface area contributed by atoms with Gasteiger partial charge in [-0.05, 0) is 91.9 Å². The monoisotopic (exact) mass is 670 g/mol. The van der Waals surface area contributed by atoms with Crippen molar-refractivity contribution in [3.05, 3.63) is 125 Å². The standard InChI is InChI=1S/C46H47BN2S/c1-27(2)28-15-22-37-35(25-28)47-40-38(24-21-33-42(40)49(37)36-23-18-30(45(6,7)8)26-34(36)46(33,9)10)48(31-19-16-29(17-20-31)44(3,4)5)41-32-13-11-12-14-39(32)50-43(41)47/h11-27H,1-10H3. The Bertz CT molecular complexity index is 2360. The average Bonchev–Trinajstić information content (AvgIpc) is 3.46. The molecule has 0 atom stereocenters. The Balaban J connectivity index is 1.40. The number of fused-ring (bicyclic) bond motifs is 9. The third kappa shape index (κ3) is 4.33. The highest BCUT2D eigenvalue weighted by atomic mass is 32.1. The molecule has 5 aromatic carbocycles. The first-order valence-electron chi connectivity index (χ1n) is 18.3. The van der Waals surface area contributed by atoms with Gasteiger partial charge in [0.2, 0.25) is 0 Å². The summed E-state index contributed by atoms with van der Waals surface area (Å²) in [4.78, 5) is 5.23. The van der Waals surface area contributed by atoms with Gasteiger partial charge in [0, 0.05) is 43.0 Å². The lowest BCUT2D eigenvalue weighted by Crippen LogP contribution is -2.61. The molecule has 0 radical (unpaired) electrons. The van der Waals surface area contributed by atoms with E-state index in [9.17, 15) is 0 Å². The highest BCUT2D eigenvalue weighted by molar-refractivity contribution is 7.33. The van der Waals surface area contributed by atoms with Gasteiger partial charge < -0.3 is 9.80 Å². The van der Waals surface area contributed by atoms with Gasteiger partial charge >= 0.3 is 0 Å². The lowest BCUT2D eigenvalue weighted by molar-refractivity contribution is 0.580. The van der Waals surface area contributed by atoms with Crippen LogP contribution in [0.3, 0.4) is 0 Å². The highest BCUT2D eigenvalue weighted by Gasteiger charge is 2.50. The maximum atomic E-state index is 2.64. The van der Waals surface area contributed by atoms with Gasteiger partial charge in [-0.25, -0.2) is 0 Å². The Hall–Kier alpha value is -4.28. The fraction of sp³-hybridized carbons (Fsp3) is 0.304. The van der Waals surface area contributed by atoms with E-state index in [0.29, 0.717) is 5.92 Å². The predicted molar refractivity (Wildman–Crippen MR) is 219 cm³/mol. The number of thiophene rings is 1. The molecule has 4 heterocycles. The molecule has 250 valence electrons. The molecule has 0 unspecified atom stereocenters. The summed E-state index contributed by atoms with van der Waals surface area (Å²) in [5, 5.41) is 1.33. The minimum absolute atomic E-state index is 0.0684. The molecule has 4 heteroatoms. The normalized spacial score (nSPS) is 15.6. The SMILES string of the molecule is CC(C)c1ccc2c(c1)B1c3sc4ccccc4c3N(c3ccc(C(C)(C)C)cc3)c3ccc4c(c31)N2c1ccc(C(C)(C)C)cc1C4(C)C. The van der Waals surface area contributed by atoms with Crippen molar-refractivity contribution in [2.45, 2.75) is 91.4 Å². The Morgan fingerprint density at radius 2 is 1.30 bits per heavy atom. The summed E-state index contributed by atoms with van der Waals surface area (Å²) in [5.41, 5.74) is 17.6. The van der Waals surface area contributed by atoms with Crippen molar-refractivity contribution in [3.63, 3.8) is 0 Å². The summed E-state index contributed by atoms with van der Waals surface area (Å²) in [6.07, 6.45) is 0. The summed E-state index contributed by atoms with van der Waals surface area (Å²) in [7, 11) is 0. The third-order valence-electron chi connectivity index (χ3n) is 11.7. The van der Waals surface area contributed by atoms with Crippen LogP contribution in [-0.2, 0) is 16.2 Å². The van der Waals surface area contributed by atoms with Crippen LogP contribution in [-0.4, -0.2) is 6.71 Å². The number of anilines is 6. The third-order valence-corrected chi connectivity index (χ3v) is 13.0. The second-order valence-corrected chi connectivity index (χ2v) is 18.8. The van der Waals surface area contributed by atoms with Crippen molar-refractivity contribution in [1.82, 2.24) is 0 Å². The van der Waals surface area contributed by atoms with Crippen molar-refractivity contribution in [1.29, 1.82) is 0 Å². The first-order valence-corrected chi connectivity index (χ1v) is 19.2. The van der Waals surface area contributed by atoms with Crippen molar-refractivity contribution >= 4 is 78.0 Å². The first kappa shape index (κ1) is 31.7. The molecular weight excluding hydrogens is 623 g/mol. The molecule has 0 bridgehead atoms. The lowest BCUT2D eigenvalue weighted by Gasteiger charge is -2.50. The summed E-state index contributed by atoms with van der Waals surface area (Å²) >= 11 is 1.98. The molecule has 3 aliphatic rings. The molecule has 3 aliphatic heterocycles. The predicted octanol–water partition coefficient (Wildman–Crippen LogP) is 11.3. The van der Waals surface area contributed by atoms with Crippen LogP contribution >= 0.6 is 11.3 Å². The molecule has 1 aromatic heterocycles. The molecule has 0 aliphatic carbocycles. The molecule has 0 spiro atoms.